The first-order chi connectivity index (χ1) is 11.4. The van der Waals surface area contributed by atoms with Crippen LogP contribution in [0, 0.1) is 6.92 Å². The van der Waals surface area contributed by atoms with Crippen LogP contribution in [-0.2, 0) is 5.60 Å². The molecule has 1 saturated heterocycles. The van der Waals surface area contributed by atoms with Gasteiger partial charge in [0.15, 0.2) is 11.5 Å². The first kappa shape index (κ1) is 15.0. The van der Waals surface area contributed by atoms with E-state index in [4.69, 9.17) is 0 Å². The third-order valence-corrected chi connectivity index (χ3v) is 4.39. The second-order valence-corrected chi connectivity index (χ2v) is 6.58. The van der Waals surface area contributed by atoms with Crippen LogP contribution in [0.4, 0.5) is 5.82 Å². The van der Waals surface area contributed by atoms with Gasteiger partial charge in [-0.05, 0) is 32.9 Å². The Bertz CT molecular complexity index is 885. The molecule has 126 valence electrons. The molecule has 0 spiro atoms. The summed E-state index contributed by atoms with van der Waals surface area (Å²) in [5.41, 5.74) is 0.309. The Hall–Kier alpha value is -2.55. The van der Waals surface area contributed by atoms with Crippen molar-refractivity contribution in [1.82, 2.24) is 34.8 Å². The Balaban J connectivity index is 1.59. The van der Waals surface area contributed by atoms with Crippen molar-refractivity contribution in [1.29, 1.82) is 0 Å². The minimum Gasteiger partial charge on any atom is -0.381 e. The van der Waals surface area contributed by atoms with Crippen molar-refractivity contribution in [2.75, 3.05) is 18.0 Å². The molecule has 1 atom stereocenters. The molecule has 0 bridgehead atoms. The highest BCUT2D eigenvalue weighted by Gasteiger charge is 2.41. The Labute approximate surface area is 138 Å². The summed E-state index contributed by atoms with van der Waals surface area (Å²) in [5, 5.41) is 28.0. The topological polar surface area (TPSA) is 97.3 Å². The van der Waals surface area contributed by atoms with E-state index in [1.54, 1.807) is 4.68 Å². The van der Waals surface area contributed by atoms with Crippen molar-refractivity contribution < 1.29 is 5.11 Å². The Morgan fingerprint density at radius 1 is 1.25 bits per heavy atom. The van der Waals surface area contributed by atoms with Crippen molar-refractivity contribution in [3.05, 3.63) is 29.8 Å². The molecule has 0 aliphatic carbocycles. The van der Waals surface area contributed by atoms with Crippen molar-refractivity contribution in [3.63, 3.8) is 0 Å². The summed E-state index contributed by atoms with van der Waals surface area (Å²) in [7, 11) is 0. The van der Waals surface area contributed by atoms with Gasteiger partial charge in [-0.1, -0.05) is 5.21 Å². The molecular formula is C15H20N8O. The van der Waals surface area contributed by atoms with Crippen LogP contribution in [-0.4, -0.2) is 53.0 Å². The summed E-state index contributed by atoms with van der Waals surface area (Å²) in [5.74, 6) is 1.45. The molecule has 0 amide bonds. The summed E-state index contributed by atoms with van der Waals surface area (Å²) in [6.07, 6.45) is 2.41. The molecule has 1 aliphatic rings. The lowest BCUT2D eigenvalue weighted by molar-refractivity contribution is 0.0558. The highest BCUT2D eigenvalue weighted by atomic mass is 16.3. The Kier molecular flexibility index (Phi) is 3.27. The van der Waals surface area contributed by atoms with Crippen LogP contribution in [0.15, 0.2) is 18.3 Å². The summed E-state index contributed by atoms with van der Waals surface area (Å²) in [6, 6.07) is 4.00. The van der Waals surface area contributed by atoms with E-state index in [0.717, 1.165) is 5.82 Å². The molecule has 24 heavy (non-hydrogen) atoms. The zero-order valence-electron chi connectivity index (χ0n) is 14.0. The molecule has 0 unspecified atom stereocenters. The number of fused-ring (bicyclic) bond motifs is 1. The summed E-state index contributed by atoms with van der Waals surface area (Å²) in [6.45, 7) is 7.01. The number of hydrogen-bond donors (Lipinski definition) is 1. The lowest BCUT2D eigenvalue weighted by Crippen LogP contribution is -2.31. The maximum absolute atomic E-state index is 11.0. The van der Waals surface area contributed by atoms with Crippen molar-refractivity contribution in [2.24, 2.45) is 0 Å². The zero-order chi connectivity index (χ0) is 16.9. The van der Waals surface area contributed by atoms with Crippen molar-refractivity contribution >= 4 is 11.5 Å². The van der Waals surface area contributed by atoms with Gasteiger partial charge in [0.25, 0.3) is 0 Å². The molecule has 0 aromatic carbocycles. The van der Waals surface area contributed by atoms with Crippen LogP contribution in [0.25, 0.3) is 5.65 Å². The van der Waals surface area contributed by atoms with Crippen LogP contribution in [0.3, 0.4) is 0 Å². The van der Waals surface area contributed by atoms with Gasteiger partial charge < -0.3 is 10.0 Å². The van der Waals surface area contributed by atoms with Gasteiger partial charge >= 0.3 is 0 Å². The fourth-order valence-corrected chi connectivity index (χ4v) is 2.99. The molecule has 1 fully saturated rings. The van der Waals surface area contributed by atoms with Crippen molar-refractivity contribution in [3.8, 4) is 0 Å². The minimum atomic E-state index is -1.01. The van der Waals surface area contributed by atoms with Crippen molar-refractivity contribution in [2.45, 2.75) is 38.8 Å². The maximum Gasteiger partial charge on any atom is 0.176 e. The second-order valence-electron chi connectivity index (χ2n) is 6.58. The molecule has 0 saturated carbocycles. The molecule has 9 nitrogen and oxygen atoms in total. The van der Waals surface area contributed by atoms with Gasteiger partial charge in [0.05, 0.1) is 12.7 Å². The second kappa shape index (κ2) is 5.23. The summed E-state index contributed by atoms with van der Waals surface area (Å²) in [4.78, 5) is 6.31. The Morgan fingerprint density at radius 3 is 2.83 bits per heavy atom. The van der Waals surface area contributed by atoms with Crippen LogP contribution in [0.2, 0.25) is 0 Å². The molecule has 4 heterocycles. The fraction of sp³-hybridized carbons (Fsp3) is 0.533. The standard InChI is InChI=1S/C15H20N8O/c1-10(2)22-8-12(17-20-22)15(24)6-7-21(9-15)14-5-4-13-16-11(3)18-23(13)19-14/h4-5,8,10,24H,6-7,9H2,1-3H3/t15-/m0/s1. The molecule has 1 N–H and O–H groups in total. The Morgan fingerprint density at radius 2 is 2.08 bits per heavy atom. The molecule has 4 rings (SSSR count). The number of aromatic nitrogens is 7. The van der Waals surface area contributed by atoms with E-state index in [0.29, 0.717) is 36.7 Å². The summed E-state index contributed by atoms with van der Waals surface area (Å²) >= 11 is 0. The third kappa shape index (κ3) is 2.41. The van der Waals surface area contributed by atoms with Gasteiger partial charge in [-0.25, -0.2) is 9.67 Å². The van der Waals surface area contributed by atoms with Crippen LogP contribution in [0.1, 0.15) is 37.8 Å². The van der Waals surface area contributed by atoms with E-state index < -0.39 is 5.60 Å². The van der Waals surface area contributed by atoms with E-state index >= 15 is 0 Å². The van der Waals surface area contributed by atoms with Crippen LogP contribution in [0.5, 0.6) is 0 Å². The van der Waals surface area contributed by atoms with Gasteiger partial charge in [-0.2, -0.15) is 0 Å². The predicted molar refractivity (Wildman–Crippen MR) is 86.7 cm³/mol. The molecule has 0 radical (unpaired) electrons. The number of aliphatic hydroxyl groups is 1. The lowest BCUT2D eigenvalue weighted by Gasteiger charge is -2.21. The average molecular weight is 328 g/mol. The van der Waals surface area contributed by atoms with Crippen LogP contribution >= 0.6 is 0 Å². The highest BCUT2D eigenvalue weighted by molar-refractivity contribution is 5.47. The largest absolute Gasteiger partial charge is 0.381 e. The van der Waals surface area contributed by atoms with Gasteiger partial charge in [0.1, 0.15) is 17.1 Å². The van der Waals surface area contributed by atoms with Crippen LogP contribution < -0.4 is 4.90 Å². The normalized spacial score (nSPS) is 21.3. The zero-order valence-corrected chi connectivity index (χ0v) is 14.0. The minimum absolute atomic E-state index is 0.215. The smallest absolute Gasteiger partial charge is 0.176 e. The molecule has 9 heteroatoms. The molecule has 3 aromatic heterocycles. The van der Waals surface area contributed by atoms with E-state index in [9.17, 15) is 5.11 Å². The third-order valence-electron chi connectivity index (χ3n) is 4.39. The van der Waals surface area contributed by atoms with E-state index in [1.807, 2.05) is 44.0 Å². The first-order valence-electron chi connectivity index (χ1n) is 8.05. The average Bonchev–Trinajstić information content (AvgIpc) is 3.23. The lowest BCUT2D eigenvalue weighted by atomic mass is 10.00. The fourth-order valence-electron chi connectivity index (χ4n) is 2.99. The quantitative estimate of drug-likeness (QED) is 0.756. The highest BCUT2D eigenvalue weighted by Crippen LogP contribution is 2.33. The number of nitrogens with zero attached hydrogens (tertiary/aromatic N) is 8. The first-order valence-corrected chi connectivity index (χ1v) is 8.05. The summed E-state index contributed by atoms with van der Waals surface area (Å²) < 4.78 is 3.29. The SMILES string of the molecule is Cc1nc2ccc(N3CC[C@@](O)(c4cn(C(C)C)nn4)C3)nn2n1. The monoisotopic (exact) mass is 328 g/mol. The number of rotatable bonds is 3. The number of β-amino-alcohol motifs (C(OH)–C–C–N with tert-alkyl or cyclic N) is 1. The number of hydrogen-bond acceptors (Lipinski definition) is 7. The maximum atomic E-state index is 11.0. The van der Waals surface area contributed by atoms with E-state index in [2.05, 4.69) is 25.5 Å². The van der Waals surface area contributed by atoms with Gasteiger partial charge in [0.2, 0.25) is 0 Å². The number of aryl methyl sites for hydroxylation is 1. The number of anilines is 1. The van der Waals surface area contributed by atoms with Gasteiger partial charge in [-0.15, -0.1) is 19.9 Å². The van der Waals surface area contributed by atoms with E-state index in [-0.39, 0.29) is 6.04 Å². The molecule has 3 aromatic rings. The predicted octanol–water partition coefficient (Wildman–Crippen LogP) is 0.703. The van der Waals surface area contributed by atoms with Gasteiger partial charge in [0, 0.05) is 19.0 Å². The van der Waals surface area contributed by atoms with Gasteiger partial charge in [-0.3, -0.25) is 0 Å². The molecule has 1 aliphatic heterocycles. The molecular weight excluding hydrogens is 308 g/mol. The van der Waals surface area contributed by atoms with E-state index in [1.165, 1.54) is 4.63 Å².